The number of carbonyl (C=O) groups is 1. The molecule has 2 atom stereocenters. The molecule has 3 rings (SSSR count). The fraction of sp³-hybridized carbons (Fsp3) is 0.650. The zero-order chi connectivity index (χ0) is 18.6. The molecule has 2 saturated heterocycles. The molecule has 0 bridgehead atoms. The highest BCUT2D eigenvalue weighted by molar-refractivity contribution is 5.70. The summed E-state index contributed by atoms with van der Waals surface area (Å²) in [5.74, 6) is -0.288. The molecule has 1 N–H and O–H groups in total. The number of hydrogen-bond donors (Lipinski definition) is 1. The summed E-state index contributed by atoms with van der Waals surface area (Å²) in [5, 5.41) is 11.5. The average molecular weight is 362 g/mol. The van der Waals surface area contributed by atoms with E-state index < -0.39 is 11.3 Å². The number of morpholine rings is 1. The Morgan fingerprint density at radius 3 is 2.54 bits per heavy atom. The first-order valence-corrected chi connectivity index (χ1v) is 9.54. The molecule has 1 aromatic rings. The molecule has 2 heterocycles. The van der Waals surface area contributed by atoms with Crippen LogP contribution in [0.1, 0.15) is 32.3 Å². The molecule has 0 radical (unpaired) electrons. The Hall–Kier alpha value is -1.47. The van der Waals surface area contributed by atoms with Crippen molar-refractivity contribution in [1.82, 2.24) is 9.80 Å². The molecule has 2 fully saturated rings. The minimum atomic E-state index is -1.26. The first-order chi connectivity index (χ1) is 12.5. The molecule has 0 aliphatic carbocycles. The van der Waals surface area contributed by atoms with Crippen LogP contribution in [0.5, 0.6) is 0 Å². The van der Waals surface area contributed by atoms with Crippen molar-refractivity contribution in [1.29, 1.82) is 0 Å². The zero-order valence-electron chi connectivity index (χ0n) is 15.8. The molecular formula is C20H30N2O4. The summed E-state index contributed by atoms with van der Waals surface area (Å²) in [7, 11) is 0. The Morgan fingerprint density at radius 1 is 1.19 bits per heavy atom. The van der Waals surface area contributed by atoms with Crippen LogP contribution in [0.15, 0.2) is 30.3 Å². The number of hydrogen-bond acceptors (Lipinski definition) is 6. The number of esters is 1. The van der Waals surface area contributed by atoms with Crippen molar-refractivity contribution in [3.05, 3.63) is 35.9 Å². The standard InChI is InChI=1S/C20H30N2O4/c1-3-18(23)26-20(17-7-5-4-6-8-17)9-10-22(19(20,2)24)12-11-21-13-15-25-16-14-21/h4-8,24H,3,9-16H2,1-2H3. The highest BCUT2D eigenvalue weighted by Gasteiger charge is 2.59. The first kappa shape index (κ1) is 19.3. The smallest absolute Gasteiger partial charge is 0.306 e. The highest BCUT2D eigenvalue weighted by atomic mass is 16.6. The van der Waals surface area contributed by atoms with Crippen molar-refractivity contribution in [2.75, 3.05) is 45.9 Å². The molecule has 144 valence electrons. The molecule has 0 aromatic heterocycles. The summed E-state index contributed by atoms with van der Waals surface area (Å²) in [6.07, 6.45) is 0.872. The summed E-state index contributed by atoms with van der Waals surface area (Å²) in [4.78, 5) is 16.6. The Balaban J connectivity index is 1.80. The van der Waals surface area contributed by atoms with Gasteiger partial charge >= 0.3 is 5.97 Å². The molecule has 0 amide bonds. The minimum Gasteiger partial charge on any atom is -0.450 e. The van der Waals surface area contributed by atoms with Crippen LogP contribution in [0.2, 0.25) is 0 Å². The normalized spacial score (nSPS) is 30.4. The molecule has 26 heavy (non-hydrogen) atoms. The molecule has 2 aliphatic heterocycles. The number of rotatable bonds is 6. The molecule has 2 unspecified atom stereocenters. The molecule has 2 aliphatic rings. The number of nitrogens with zero attached hydrogens (tertiary/aromatic N) is 2. The summed E-state index contributed by atoms with van der Waals surface area (Å²) < 4.78 is 11.3. The van der Waals surface area contributed by atoms with Gasteiger partial charge in [0.15, 0.2) is 11.3 Å². The van der Waals surface area contributed by atoms with Crippen LogP contribution in [0.3, 0.4) is 0 Å². The van der Waals surface area contributed by atoms with E-state index in [9.17, 15) is 9.90 Å². The van der Waals surface area contributed by atoms with Gasteiger partial charge in [-0.1, -0.05) is 37.3 Å². The van der Waals surface area contributed by atoms with Crippen LogP contribution in [-0.2, 0) is 19.9 Å². The largest absolute Gasteiger partial charge is 0.450 e. The maximum Gasteiger partial charge on any atom is 0.306 e. The van der Waals surface area contributed by atoms with Gasteiger partial charge in [-0.3, -0.25) is 14.6 Å². The van der Waals surface area contributed by atoms with Crippen LogP contribution in [0.4, 0.5) is 0 Å². The lowest BCUT2D eigenvalue weighted by Gasteiger charge is -2.43. The topological polar surface area (TPSA) is 62.2 Å². The van der Waals surface area contributed by atoms with Crippen LogP contribution >= 0.6 is 0 Å². The summed E-state index contributed by atoms with van der Waals surface area (Å²) in [6, 6.07) is 9.64. The van der Waals surface area contributed by atoms with E-state index in [4.69, 9.17) is 9.47 Å². The van der Waals surface area contributed by atoms with Crippen molar-refractivity contribution in [3.8, 4) is 0 Å². The van der Waals surface area contributed by atoms with Gasteiger partial charge in [0.1, 0.15) is 0 Å². The van der Waals surface area contributed by atoms with Gasteiger partial charge in [0, 0.05) is 45.6 Å². The van der Waals surface area contributed by atoms with Gasteiger partial charge in [0.2, 0.25) is 0 Å². The molecule has 6 nitrogen and oxygen atoms in total. The van der Waals surface area contributed by atoms with Crippen LogP contribution in [-0.4, -0.2) is 72.5 Å². The molecule has 1 aromatic carbocycles. The van der Waals surface area contributed by atoms with Gasteiger partial charge in [0.05, 0.1) is 13.2 Å². The van der Waals surface area contributed by atoms with E-state index in [1.807, 2.05) is 35.2 Å². The SMILES string of the molecule is CCC(=O)OC1(c2ccccc2)CCN(CCN2CCOCC2)C1(C)O. The Kier molecular flexibility index (Phi) is 5.97. The van der Waals surface area contributed by atoms with Gasteiger partial charge in [-0.15, -0.1) is 0 Å². The van der Waals surface area contributed by atoms with E-state index in [2.05, 4.69) is 4.90 Å². The van der Waals surface area contributed by atoms with Gasteiger partial charge in [-0.2, -0.15) is 0 Å². The van der Waals surface area contributed by atoms with E-state index in [-0.39, 0.29) is 5.97 Å². The zero-order valence-corrected chi connectivity index (χ0v) is 15.8. The lowest BCUT2D eigenvalue weighted by molar-refractivity contribution is -0.216. The van der Waals surface area contributed by atoms with Gasteiger partial charge in [0.25, 0.3) is 0 Å². The number of ether oxygens (including phenoxy) is 2. The molecule has 0 saturated carbocycles. The predicted molar refractivity (Wildman–Crippen MR) is 98.6 cm³/mol. The van der Waals surface area contributed by atoms with Crippen LogP contribution in [0, 0.1) is 0 Å². The Morgan fingerprint density at radius 2 is 1.88 bits per heavy atom. The molecule has 0 spiro atoms. The fourth-order valence-electron chi connectivity index (χ4n) is 4.02. The van der Waals surface area contributed by atoms with E-state index in [1.54, 1.807) is 13.8 Å². The fourth-order valence-corrected chi connectivity index (χ4v) is 4.02. The van der Waals surface area contributed by atoms with E-state index in [0.717, 1.165) is 45.0 Å². The van der Waals surface area contributed by atoms with Crippen molar-refractivity contribution >= 4 is 5.97 Å². The monoisotopic (exact) mass is 362 g/mol. The Labute approximate surface area is 155 Å². The number of benzene rings is 1. The average Bonchev–Trinajstić information content (AvgIpc) is 2.92. The predicted octanol–water partition coefficient (Wildman–Crippen LogP) is 1.58. The number of aliphatic hydroxyl groups is 1. The first-order valence-electron chi connectivity index (χ1n) is 9.54. The van der Waals surface area contributed by atoms with Gasteiger partial charge in [-0.05, 0) is 12.5 Å². The highest BCUT2D eigenvalue weighted by Crippen LogP contribution is 2.47. The van der Waals surface area contributed by atoms with Crippen molar-refractivity contribution < 1.29 is 19.4 Å². The maximum absolute atomic E-state index is 12.2. The summed E-state index contributed by atoms with van der Waals surface area (Å²) in [6.45, 7) is 9.20. The van der Waals surface area contributed by atoms with Crippen LogP contribution < -0.4 is 0 Å². The Bertz CT molecular complexity index is 601. The third-order valence-electron chi connectivity index (χ3n) is 5.72. The lowest BCUT2D eigenvalue weighted by atomic mass is 9.84. The minimum absolute atomic E-state index is 0.288. The summed E-state index contributed by atoms with van der Waals surface area (Å²) >= 11 is 0. The second-order valence-electron chi connectivity index (χ2n) is 7.23. The van der Waals surface area contributed by atoms with Crippen LogP contribution in [0.25, 0.3) is 0 Å². The van der Waals surface area contributed by atoms with E-state index in [0.29, 0.717) is 19.4 Å². The second-order valence-corrected chi connectivity index (χ2v) is 7.23. The third-order valence-corrected chi connectivity index (χ3v) is 5.72. The third kappa shape index (κ3) is 3.64. The van der Waals surface area contributed by atoms with Crippen molar-refractivity contribution in [2.45, 2.75) is 38.0 Å². The molecule has 6 heteroatoms. The van der Waals surface area contributed by atoms with Crippen molar-refractivity contribution in [2.24, 2.45) is 0 Å². The number of carbonyl (C=O) groups excluding carboxylic acids is 1. The summed E-state index contributed by atoms with van der Waals surface area (Å²) in [5.41, 5.74) is -1.45. The van der Waals surface area contributed by atoms with E-state index in [1.165, 1.54) is 0 Å². The van der Waals surface area contributed by atoms with Crippen molar-refractivity contribution in [3.63, 3.8) is 0 Å². The number of likely N-dealkylation sites (tertiary alicyclic amines) is 1. The lowest BCUT2D eigenvalue weighted by Crippen LogP contribution is -2.57. The van der Waals surface area contributed by atoms with Gasteiger partial charge in [-0.25, -0.2) is 0 Å². The maximum atomic E-state index is 12.2. The van der Waals surface area contributed by atoms with E-state index >= 15 is 0 Å². The second kappa shape index (κ2) is 8.05. The quantitative estimate of drug-likeness (QED) is 0.776. The van der Waals surface area contributed by atoms with Gasteiger partial charge < -0.3 is 14.6 Å². The molecular weight excluding hydrogens is 332 g/mol.